The van der Waals surface area contributed by atoms with E-state index in [2.05, 4.69) is 25.6 Å². The molecule has 2 aromatic heterocycles. The maximum Gasteiger partial charge on any atom is 0.251 e. The third kappa shape index (κ3) is 4.41. The molecule has 34 heavy (non-hydrogen) atoms. The van der Waals surface area contributed by atoms with E-state index in [0.29, 0.717) is 18.5 Å². The molecule has 0 radical (unpaired) electrons. The van der Waals surface area contributed by atoms with Gasteiger partial charge in [0.25, 0.3) is 5.91 Å². The Labute approximate surface area is 197 Å². The van der Waals surface area contributed by atoms with Crippen molar-refractivity contribution in [2.75, 3.05) is 11.9 Å². The smallest absolute Gasteiger partial charge is 0.251 e. The van der Waals surface area contributed by atoms with Crippen molar-refractivity contribution in [3.05, 3.63) is 107 Å². The number of fused-ring (bicyclic) bond motifs is 1. The molecule has 4 aromatic rings. The third-order valence-corrected chi connectivity index (χ3v) is 5.83. The topological polar surface area (TPSA) is 96.9 Å². The highest BCUT2D eigenvalue weighted by Gasteiger charge is 2.32. The van der Waals surface area contributed by atoms with Crippen LogP contribution in [0.5, 0.6) is 0 Å². The molecular formula is C27H23N5O2. The number of carbonyl (C=O) groups excluding carboxylic acids is 2. The van der Waals surface area contributed by atoms with Gasteiger partial charge in [0.05, 0.1) is 17.3 Å². The number of para-hydroxylation sites is 1. The standard InChI is InChI=1S/C27H23N5O2/c1-17-6-7-23(31-15-17)18-12-19(25-22-4-2-3-5-24(22)32-27(25)34)14-20(13-18)26(33)30-9-8-21-16-28-10-11-29-21/h2-7,10-16,25H,8-9H2,1H3,(H,30,33)(H,32,34). The first kappa shape index (κ1) is 21.5. The summed E-state index contributed by atoms with van der Waals surface area (Å²) in [6, 6.07) is 17.1. The number of carbonyl (C=O) groups is 2. The van der Waals surface area contributed by atoms with Crippen molar-refractivity contribution in [2.45, 2.75) is 19.3 Å². The van der Waals surface area contributed by atoms with Gasteiger partial charge in [-0.15, -0.1) is 0 Å². The molecule has 5 rings (SSSR count). The van der Waals surface area contributed by atoms with Crippen molar-refractivity contribution in [3.8, 4) is 11.3 Å². The molecule has 0 fully saturated rings. The Morgan fingerprint density at radius 2 is 1.91 bits per heavy atom. The number of nitrogens with zero attached hydrogens (tertiary/aromatic N) is 3. The van der Waals surface area contributed by atoms with Gasteiger partial charge in [0.2, 0.25) is 5.91 Å². The number of hydrogen-bond acceptors (Lipinski definition) is 5. The molecule has 2 amide bonds. The fourth-order valence-corrected chi connectivity index (χ4v) is 4.14. The Bertz CT molecular complexity index is 1350. The second-order valence-corrected chi connectivity index (χ2v) is 8.28. The lowest BCUT2D eigenvalue weighted by Gasteiger charge is -2.14. The summed E-state index contributed by atoms with van der Waals surface area (Å²) in [5.74, 6) is -0.817. The minimum absolute atomic E-state index is 0.107. The van der Waals surface area contributed by atoms with E-state index in [-0.39, 0.29) is 11.8 Å². The van der Waals surface area contributed by atoms with Gasteiger partial charge in [-0.2, -0.15) is 0 Å². The number of amides is 2. The van der Waals surface area contributed by atoms with Gasteiger partial charge in [0.1, 0.15) is 0 Å². The van der Waals surface area contributed by atoms with Crippen LogP contribution in [0.15, 0.2) is 79.4 Å². The molecule has 2 aromatic carbocycles. The summed E-state index contributed by atoms with van der Waals surface area (Å²) in [7, 11) is 0. The van der Waals surface area contributed by atoms with E-state index in [1.165, 1.54) is 0 Å². The minimum Gasteiger partial charge on any atom is -0.352 e. The lowest BCUT2D eigenvalue weighted by Crippen LogP contribution is -2.26. The first-order valence-corrected chi connectivity index (χ1v) is 11.1. The number of benzene rings is 2. The van der Waals surface area contributed by atoms with Crippen molar-refractivity contribution in [1.29, 1.82) is 0 Å². The Morgan fingerprint density at radius 3 is 2.71 bits per heavy atom. The Hall–Kier alpha value is -4.39. The molecule has 0 saturated carbocycles. The average Bonchev–Trinajstić information content (AvgIpc) is 3.20. The largest absolute Gasteiger partial charge is 0.352 e. The molecular weight excluding hydrogens is 426 g/mol. The molecule has 1 unspecified atom stereocenters. The minimum atomic E-state index is -0.493. The molecule has 1 aliphatic rings. The van der Waals surface area contributed by atoms with Crippen LogP contribution in [-0.2, 0) is 11.2 Å². The van der Waals surface area contributed by atoms with E-state index in [9.17, 15) is 9.59 Å². The molecule has 3 heterocycles. The predicted octanol–water partition coefficient (Wildman–Crippen LogP) is 3.90. The van der Waals surface area contributed by atoms with Gasteiger partial charge < -0.3 is 10.6 Å². The normalized spacial score (nSPS) is 14.4. The maximum atomic E-state index is 13.1. The van der Waals surface area contributed by atoms with Gasteiger partial charge in [-0.1, -0.05) is 24.3 Å². The summed E-state index contributed by atoms with van der Waals surface area (Å²) >= 11 is 0. The maximum absolute atomic E-state index is 13.1. The lowest BCUT2D eigenvalue weighted by atomic mass is 9.89. The summed E-state index contributed by atoms with van der Waals surface area (Å²) in [6.07, 6.45) is 7.30. The number of anilines is 1. The van der Waals surface area contributed by atoms with Gasteiger partial charge in [-0.3, -0.25) is 24.5 Å². The first-order chi connectivity index (χ1) is 16.6. The lowest BCUT2D eigenvalue weighted by molar-refractivity contribution is -0.116. The number of nitrogens with one attached hydrogen (secondary N) is 2. The van der Waals surface area contributed by atoms with Crippen LogP contribution in [0, 0.1) is 6.92 Å². The second-order valence-electron chi connectivity index (χ2n) is 8.28. The molecule has 168 valence electrons. The van der Waals surface area contributed by atoms with E-state index in [1.54, 1.807) is 30.9 Å². The number of aromatic nitrogens is 3. The zero-order valence-corrected chi connectivity index (χ0v) is 18.7. The Balaban J connectivity index is 1.48. The van der Waals surface area contributed by atoms with Gasteiger partial charge in [0, 0.05) is 54.6 Å². The van der Waals surface area contributed by atoms with Crippen molar-refractivity contribution in [2.24, 2.45) is 0 Å². The Kier molecular flexibility index (Phi) is 5.82. The molecule has 1 aliphatic heterocycles. The SMILES string of the molecule is Cc1ccc(-c2cc(C(=O)NCCc3cnccn3)cc(C3C(=O)Nc4ccccc43)c2)nc1. The second kappa shape index (κ2) is 9.23. The monoisotopic (exact) mass is 449 g/mol. The van der Waals surface area contributed by atoms with E-state index in [0.717, 1.165) is 39.3 Å². The summed E-state index contributed by atoms with van der Waals surface area (Å²) < 4.78 is 0. The number of rotatable bonds is 6. The van der Waals surface area contributed by atoms with E-state index < -0.39 is 5.92 Å². The van der Waals surface area contributed by atoms with Crippen LogP contribution in [-0.4, -0.2) is 33.3 Å². The fourth-order valence-electron chi connectivity index (χ4n) is 4.14. The quantitative estimate of drug-likeness (QED) is 0.465. The van der Waals surface area contributed by atoms with Crippen LogP contribution in [0.25, 0.3) is 11.3 Å². The van der Waals surface area contributed by atoms with Crippen molar-refractivity contribution in [3.63, 3.8) is 0 Å². The van der Waals surface area contributed by atoms with Crippen LogP contribution in [0.4, 0.5) is 5.69 Å². The van der Waals surface area contributed by atoms with Crippen LogP contribution in [0.3, 0.4) is 0 Å². The first-order valence-electron chi connectivity index (χ1n) is 11.1. The number of aryl methyl sites for hydroxylation is 1. The van der Waals surface area contributed by atoms with E-state index in [1.807, 2.05) is 55.5 Å². The van der Waals surface area contributed by atoms with Gasteiger partial charge in [-0.25, -0.2) is 0 Å². The molecule has 0 spiro atoms. The van der Waals surface area contributed by atoms with Gasteiger partial charge in [-0.05, 0) is 53.9 Å². The van der Waals surface area contributed by atoms with Crippen molar-refractivity contribution < 1.29 is 9.59 Å². The molecule has 0 saturated heterocycles. The van der Waals surface area contributed by atoms with E-state index >= 15 is 0 Å². The third-order valence-electron chi connectivity index (χ3n) is 5.83. The molecule has 0 aliphatic carbocycles. The number of pyridine rings is 1. The highest BCUT2D eigenvalue weighted by Crippen LogP contribution is 2.38. The Morgan fingerprint density at radius 1 is 1.03 bits per heavy atom. The summed E-state index contributed by atoms with van der Waals surface area (Å²) in [5, 5.41) is 5.90. The highest BCUT2D eigenvalue weighted by molar-refractivity contribution is 6.05. The highest BCUT2D eigenvalue weighted by atomic mass is 16.2. The van der Waals surface area contributed by atoms with Crippen molar-refractivity contribution in [1.82, 2.24) is 20.3 Å². The van der Waals surface area contributed by atoms with Gasteiger partial charge in [0.15, 0.2) is 0 Å². The number of hydrogen-bond donors (Lipinski definition) is 2. The summed E-state index contributed by atoms with van der Waals surface area (Å²) in [5.41, 5.74) is 6.31. The molecule has 0 bridgehead atoms. The zero-order chi connectivity index (χ0) is 23.5. The fraction of sp³-hybridized carbons (Fsp3) is 0.148. The molecule has 1 atom stereocenters. The molecule has 7 heteroatoms. The zero-order valence-electron chi connectivity index (χ0n) is 18.7. The molecule has 2 N–H and O–H groups in total. The summed E-state index contributed by atoms with van der Waals surface area (Å²) in [6.45, 7) is 2.40. The van der Waals surface area contributed by atoms with Crippen LogP contribution in [0.1, 0.15) is 38.7 Å². The van der Waals surface area contributed by atoms with Crippen LogP contribution in [0.2, 0.25) is 0 Å². The van der Waals surface area contributed by atoms with Crippen molar-refractivity contribution >= 4 is 17.5 Å². The van der Waals surface area contributed by atoms with Gasteiger partial charge >= 0.3 is 0 Å². The van der Waals surface area contributed by atoms with E-state index in [4.69, 9.17) is 0 Å². The predicted molar refractivity (Wildman–Crippen MR) is 129 cm³/mol. The summed E-state index contributed by atoms with van der Waals surface area (Å²) in [4.78, 5) is 38.8. The van der Waals surface area contributed by atoms with Crippen LogP contribution >= 0.6 is 0 Å². The van der Waals surface area contributed by atoms with Crippen LogP contribution < -0.4 is 10.6 Å². The molecule has 7 nitrogen and oxygen atoms in total. The average molecular weight is 450 g/mol.